The lowest BCUT2D eigenvalue weighted by molar-refractivity contribution is -0.329. The van der Waals surface area contributed by atoms with Crippen LogP contribution in [0.3, 0.4) is 0 Å². The number of amides is 7. The maximum absolute atomic E-state index is 16.2. The van der Waals surface area contributed by atoms with Crippen LogP contribution in [-0.2, 0) is 52.6 Å². The highest BCUT2D eigenvalue weighted by atomic mass is 35.5. The number of aromatic nitrogens is 4. The molecule has 7 amide bonds. The predicted octanol–water partition coefficient (Wildman–Crippen LogP) is 1.59. The molecule has 9 unspecified atom stereocenters. The average molecular weight is 1630 g/mol. The van der Waals surface area contributed by atoms with Crippen molar-refractivity contribution in [3.05, 3.63) is 141 Å². The number of tetrazole rings is 1. The minimum Gasteiger partial charge on any atom is -0.508 e. The third-order valence-electron chi connectivity index (χ3n) is 19.5. The molecule has 40 heteroatoms. The van der Waals surface area contributed by atoms with E-state index in [2.05, 4.69) is 52.7 Å². The van der Waals surface area contributed by atoms with Gasteiger partial charge in [0, 0.05) is 40.5 Å². The van der Waals surface area contributed by atoms with Gasteiger partial charge in [-0.3, -0.25) is 33.6 Å². The zero-order chi connectivity index (χ0) is 81.5. The van der Waals surface area contributed by atoms with E-state index >= 15 is 14.4 Å². The minimum atomic E-state index is -2.37. The molecule has 2 fully saturated rings. The summed E-state index contributed by atoms with van der Waals surface area (Å²) in [7, 11) is 1.47. The van der Waals surface area contributed by atoms with Gasteiger partial charge in [-0.2, -0.15) is 4.68 Å². The van der Waals surface area contributed by atoms with Crippen molar-refractivity contribution in [1.29, 1.82) is 0 Å². The van der Waals surface area contributed by atoms with Crippen molar-refractivity contribution in [2.24, 2.45) is 17.4 Å². The van der Waals surface area contributed by atoms with Crippen LogP contribution >= 0.6 is 35.0 Å². The van der Waals surface area contributed by atoms with E-state index in [0.717, 1.165) is 78.5 Å². The van der Waals surface area contributed by atoms with Crippen molar-refractivity contribution in [2.75, 3.05) is 12.8 Å². The largest absolute Gasteiger partial charge is 0.508 e. The Bertz CT molecular complexity index is 4850. The Morgan fingerprint density at radius 1 is 0.717 bits per heavy atom. The van der Waals surface area contributed by atoms with Gasteiger partial charge in [-0.1, -0.05) is 67.0 Å². The van der Waals surface area contributed by atoms with Crippen LogP contribution in [0.1, 0.15) is 105 Å². The Morgan fingerprint density at radius 2 is 1.35 bits per heavy atom. The number of phenols is 4. The molecule has 1 aromatic heterocycles. The third-order valence-corrected chi connectivity index (χ3v) is 21.1. The van der Waals surface area contributed by atoms with Gasteiger partial charge < -0.3 is 128 Å². The number of carbonyl (C=O) groups excluding carboxylic acids is 7. The molecule has 14 rings (SSSR count). The molecule has 600 valence electrons. The molecule has 8 heterocycles. The number of carbonyl (C=O) groups is 8. The van der Waals surface area contributed by atoms with Gasteiger partial charge in [0.15, 0.2) is 29.9 Å². The molecule has 37 nitrogen and oxygen atoms in total. The number of aliphatic carboxylic acids is 1. The Morgan fingerprint density at radius 3 is 1.96 bits per heavy atom. The average Bonchev–Trinajstić information content (AvgIpc) is 0.930. The predicted molar refractivity (Wildman–Crippen MR) is 394 cm³/mol. The SMILES string of the molecule is CN[C@H](CC(C)C)C(=O)N[C@H]1C(=O)N[C@@H](CC(N)=O)C(=O)N[C@H]2C(=O)N[C@H]3C(=O)N[C@H](C(=O)N[C@@H](C(=O)O)c4cc(O)cc(O)c4-c4cc3ccc4O)[C@H](O)c3ccc(c(Cl)c3)Oc3cc2cc(c3OC2OC(CSc3nnnn3-c3ccc(O)cc3)C(O)C(O)C2OC2CC(C)(N)C(O)C(C)O2)Oc2ccc(cc2Cl)[C@H]1O. The lowest BCUT2D eigenvalue weighted by atomic mass is 9.86. The van der Waals surface area contributed by atoms with Crippen LogP contribution in [0.2, 0.25) is 10.0 Å². The summed E-state index contributed by atoms with van der Waals surface area (Å²) in [6, 6.07) is 5.09. The number of phenolic OH excluding ortho intramolecular Hbond substituents is 4. The topological polar surface area (TPSA) is 574 Å². The highest BCUT2D eigenvalue weighted by Gasteiger charge is 2.52. The van der Waals surface area contributed by atoms with Gasteiger partial charge in [0.05, 0.1) is 46.5 Å². The maximum atomic E-state index is 16.2. The number of carboxylic acid groups (broad SMARTS) is 1. The first-order valence-corrected chi connectivity index (χ1v) is 36.9. The van der Waals surface area contributed by atoms with Crippen LogP contribution in [0.5, 0.6) is 51.7 Å². The molecule has 0 saturated carbocycles. The quantitative estimate of drug-likeness (QED) is 0.0611. The number of nitrogens with two attached hydrogens (primary N) is 2. The zero-order valence-electron chi connectivity index (χ0n) is 60.3. The van der Waals surface area contributed by atoms with Crippen molar-refractivity contribution in [1.82, 2.24) is 57.4 Å². The molecular formula is C73H79Cl2N13O24S. The first-order valence-electron chi connectivity index (χ1n) is 35.1. The molecule has 11 bridgehead atoms. The standard InChI is InChI=1S/C73H79Cl2N13O24S/c1-27(2)16-40(78-5)64(99)83-55-57(94)30-7-14-44(38(74)18-30)108-46-20-32-21-47(61(46)112-71-62(111-50-25-73(4,77)63(98)28(3)107-50)60(97)59(96)48(110-71)26-113-72-85-86-87-88(72)33-9-11-34(89)12-10-33)109-45-15-8-31(19-39(45)75)58(95)56-69(104)82-54(70(105)106)37-22-35(90)23-43(92)51(37)36-17-29(6-13-42(36)91)52(66(101)84-56)81-67(102)53(32)80-65(100)41(24-49(76)93)79-68(55)103/h6-15,17-23,27-28,40-41,48,50,52-60,62-63,71,78,89-92,94-98H,16,24-26,77H2,1-5H3,(H2,76,93)(H,79,103)(H,80,100)(H,81,102)(H,82,104)(H,83,99)(H,84,101)(H,105,106)/t28?,40-,41+,48?,50?,52-,53-,54-,55-,56+,57-,58-,59?,60?,62?,63?,71?,73?/m1/s1. The number of thioether (sulfide) groups is 1. The van der Waals surface area contributed by atoms with E-state index in [0.29, 0.717) is 5.69 Å². The lowest BCUT2D eigenvalue weighted by Crippen LogP contribution is -2.64. The Balaban J connectivity index is 1.09. The monoisotopic (exact) mass is 1620 g/mol. The van der Waals surface area contributed by atoms with Crippen molar-refractivity contribution < 1.29 is 118 Å². The van der Waals surface area contributed by atoms with E-state index in [-0.39, 0.29) is 62.9 Å². The fourth-order valence-electron chi connectivity index (χ4n) is 13.7. The molecule has 113 heavy (non-hydrogen) atoms. The zero-order valence-corrected chi connectivity index (χ0v) is 62.7. The summed E-state index contributed by atoms with van der Waals surface area (Å²) >= 11 is 15.3. The third kappa shape index (κ3) is 17.6. The molecule has 21 N–H and O–H groups in total. The maximum Gasteiger partial charge on any atom is 0.330 e. The van der Waals surface area contributed by atoms with Crippen LogP contribution in [0.15, 0.2) is 108 Å². The van der Waals surface area contributed by atoms with E-state index in [1.165, 1.54) is 62.0 Å². The Labute approximate surface area is 655 Å². The number of ether oxygens (including phenoxy) is 6. The highest BCUT2D eigenvalue weighted by Crippen LogP contribution is 2.50. The molecule has 18 atom stereocenters. The number of hydrogen-bond acceptors (Lipinski definition) is 29. The van der Waals surface area contributed by atoms with Gasteiger partial charge in [-0.05, 0) is 145 Å². The molecule has 2 saturated heterocycles. The van der Waals surface area contributed by atoms with Gasteiger partial charge in [0.1, 0.15) is 89.1 Å². The molecule has 0 radical (unpaired) electrons. The molecule has 6 aromatic carbocycles. The molecule has 0 aliphatic carbocycles. The van der Waals surface area contributed by atoms with Gasteiger partial charge in [0.25, 0.3) is 0 Å². The summed E-state index contributed by atoms with van der Waals surface area (Å²) in [5, 5.41) is 144. The summed E-state index contributed by atoms with van der Waals surface area (Å²) < 4.78 is 41.0. The summed E-state index contributed by atoms with van der Waals surface area (Å²) in [5.74, 6) is -16.5. The van der Waals surface area contributed by atoms with Crippen molar-refractivity contribution in [3.8, 4) is 68.6 Å². The lowest BCUT2D eigenvalue weighted by Gasteiger charge is -2.47. The second kappa shape index (κ2) is 33.5. The number of nitrogens with zero attached hydrogens (tertiary/aromatic N) is 4. The normalized spacial score (nSPS) is 27.5. The molecule has 7 aliphatic rings. The van der Waals surface area contributed by atoms with E-state index < -0.39 is 231 Å². The number of aromatic hydroxyl groups is 4. The second-order valence-electron chi connectivity index (χ2n) is 28.2. The summed E-state index contributed by atoms with van der Waals surface area (Å²) in [6.45, 7) is 6.65. The number of aliphatic hydroxyl groups excluding tert-OH is 5. The first-order chi connectivity index (χ1) is 53.6. The van der Waals surface area contributed by atoms with E-state index in [4.69, 9.17) is 63.1 Å². The van der Waals surface area contributed by atoms with Gasteiger partial charge in [0.2, 0.25) is 58.5 Å². The van der Waals surface area contributed by atoms with Crippen LogP contribution in [-0.4, -0.2) is 210 Å². The summed E-state index contributed by atoms with van der Waals surface area (Å²) in [6.07, 6.45) is -18.6. The fourth-order valence-corrected chi connectivity index (χ4v) is 15.1. The van der Waals surface area contributed by atoms with E-state index in [1.807, 2.05) is 13.8 Å². The highest BCUT2D eigenvalue weighted by molar-refractivity contribution is 7.99. The number of halogens is 2. The first kappa shape index (κ1) is 81.8. The Hall–Kier alpha value is -10.7. The fraction of sp³-hybridized carbons (Fsp3) is 0.384. The second-order valence-corrected chi connectivity index (χ2v) is 30.0. The van der Waals surface area contributed by atoms with Crippen LogP contribution in [0, 0.1) is 5.92 Å². The van der Waals surface area contributed by atoms with Gasteiger partial charge in [-0.25, -0.2) is 4.79 Å². The molecule has 0 spiro atoms. The van der Waals surface area contributed by atoms with E-state index in [1.54, 1.807) is 0 Å². The number of fused-ring (bicyclic) bond motifs is 15. The number of carboxylic acids is 1. The molecule has 7 aliphatic heterocycles. The van der Waals surface area contributed by atoms with Crippen molar-refractivity contribution >= 4 is 82.3 Å². The summed E-state index contributed by atoms with van der Waals surface area (Å²) in [4.78, 5) is 118. The van der Waals surface area contributed by atoms with Crippen molar-refractivity contribution in [3.63, 3.8) is 0 Å². The number of likely N-dealkylation sites (N-methyl/N-ethyl adjacent to an activating group) is 1. The van der Waals surface area contributed by atoms with Gasteiger partial charge in [-0.15, -0.1) is 5.10 Å². The number of primary amides is 1. The van der Waals surface area contributed by atoms with Crippen LogP contribution in [0.25, 0.3) is 16.8 Å². The molecular weight excluding hydrogens is 1550 g/mol. The number of benzene rings is 6. The number of nitrogens with one attached hydrogen (secondary N) is 7. The summed E-state index contributed by atoms with van der Waals surface area (Å²) in [5.41, 5.74) is 8.49. The number of rotatable bonds is 16. The van der Waals surface area contributed by atoms with Crippen molar-refractivity contribution in [2.45, 2.75) is 161 Å². The number of hydrogen-bond donors (Lipinski definition) is 19. The van der Waals surface area contributed by atoms with E-state index in [9.17, 15) is 75.0 Å². The number of aliphatic hydroxyl groups is 5. The van der Waals surface area contributed by atoms with Crippen LogP contribution < -0.4 is 62.9 Å². The Kier molecular flexibility index (Phi) is 24.3. The van der Waals surface area contributed by atoms with Gasteiger partial charge >= 0.3 is 5.97 Å². The smallest absolute Gasteiger partial charge is 0.330 e. The van der Waals surface area contributed by atoms with Crippen LogP contribution in [0.4, 0.5) is 0 Å². The molecule has 7 aromatic rings. The minimum absolute atomic E-state index is 0.0668.